The van der Waals surface area contributed by atoms with Crippen molar-refractivity contribution in [2.45, 2.75) is 58.1 Å². The van der Waals surface area contributed by atoms with Gasteiger partial charge in [-0.3, -0.25) is 13.9 Å². The minimum atomic E-state index is -4.14. The van der Waals surface area contributed by atoms with Gasteiger partial charge in [0.15, 0.2) is 0 Å². The summed E-state index contributed by atoms with van der Waals surface area (Å²) in [6, 6.07) is 19.5. The number of carbonyl (C=O) groups is 2. The fraction of sp³-hybridized carbons (Fsp3) is 0.310. The van der Waals surface area contributed by atoms with Crippen LogP contribution in [0, 0.1) is 13.8 Å². The number of nitrogens with zero attached hydrogens (tertiary/aromatic N) is 2. The van der Waals surface area contributed by atoms with Crippen LogP contribution in [0.15, 0.2) is 77.7 Å². The number of rotatable bonds is 10. The van der Waals surface area contributed by atoms with Gasteiger partial charge in [-0.25, -0.2) is 8.42 Å². The standard InChI is InChI=1S/C29H34ClN3O4S/c1-20(2)31-29(35)23(5)32(18-24-12-10-9-11-21(24)3)28(34)19-33(27-17-25(30)16-15-22(27)4)38(36,37)26-13-7-6-8-14-26/h6-17,20,23H,18-19H2,1-5H3,(H,31,35)/t23-/m1/s1. The van der Waals surface area contributed by atoms with Crippen LogP contribution < -0.4 is 9.62 Å². The number of hydrogen-bond acceptors (Lipinski definition) is 4. The summed E-state index contributed by atoms with van der Waals surface area (Å²) in [5.41, 5.74) is 2.75. The zero-order valence-electron chi connectivity index (χ0n) is 22.3. The van der Waals surface area contributed by atoms with Crippen molar-refractivity contribution in [1.82, 2.24) is 10.2 Å². The first-order valence-electron chi connectivity index (χ1n) is 12.4. The smallest absolute Gasteiger partial charge is 0.264 e. The summed E-state index contributed by atoms with van der Waals surface area (Å²) in [7, 11) is -4.14. The molecule has 0 aromatic heterocycles. The Balaban J connectivity index is 2.08. The first-order valence-corrected chi connectivity index (χ1v) is 14.2. The minimum absolute atomic E-state index is 0.0447. The molecule has 3 aromatic rings. The van der Waals surface area contributed by atoms with E-state index in [0.717, 1.165) is 15.4 Å². The summed E-state index contributed by atoms with van der Waals surface area (Å²) in [5, 5.41) is 3.19. The van der Waals surface area contributed by atoms with Crippen LogP contribution in [-0.4, -0.2) is 43.8 Å². The van der Waals surface area contributed by atoms with Crippen molar-refractivity contribution in [2.75, 3.05) is 10.8 Å². The molecule has 3 rings (SSSR count). The average molecular weight is 556 g/mol. The lowest BCUT2D eigenvalue weighted by Crippen LogP contribution is -2.52. The summed E-state index contributed by atoms with van der Waals surface area (Å²) in [5.74, 6) is -0.836. The van der Waals surface area contributed by atoms with E-state index in [1.54, 1.807) is 44.2 Å². The molecule has 0 spiro atoms. The topological polar surface area (TPSA) is 86.8 Å². The molecule has 1 atom stereocenters. The predicted octanol–water partition coefficient (Wildman–Crippen LogP) is 5.09. The van der Waals surface area contributed by atoms with Crippen LogP contribution in [-0.2, 0) is 26.2 Å². The lowest BCUT2D eigenvalue weighted by atomic mass is 10.1. The molecule has 2 amide bonds. The zero-order chi connectivity index (χ0) is 28.0. The van der Waals surface area contributed by atoms with Crippen LogP contribution >= 0.6 is 11.6 Å². The molecular weight excluding hydrogens is 522 g/mol. The number of anilines is 1. The lowest BCUT2D eigenvalue weighted by Gasteiger charge is -2.33. The number of aryl methyl sites for hydroxylation is 2. The highest BCUT2D eigenvalue weighted by Crippen LogP contribution is 2.30. The van der Waals surface area contributed by atoms with Gasteiger partial charge in [-0.05, 0) is 75.6 Å². The molecule has 38 heavy (non-hydrogen) atoms. The second-order valence-electron chi connectivity index (χ2n) is 9.54. The molecule has 3 aromatic carbocycles. The normalized spacial score (nSPS) is 12.2. The average Bonchev–Trinajstić information content (AvgIpc) is 2.88. The summed E-state index contributed by atoms with van der Waals surface area (Å²) in [6.45, 7) is 8.65. The first kappa shape index (κ1) is 29.2. The van der Waals surface area contributed by atoms with E-state index in [9.17, 15) is 18.0 Å². The van der Waals surface area contributed by atoms with Crippen molar-refractivity contribution >= 4 is 39.1 Å². The molecule has 0 aliphatic heterocycles. The van der Waals surface area contributed by atoms with E-state index < -0.39 is 28.5 Å². The van der Waals surface area contributed by atoms with Crippen molar-refractivity contribution < 1.29 is 18.0 Å². The quantitative estimate of drug-likeness (QED) is 0.377. The highest BCUT2D eigenvalue weighted by atomic mass is 35.5. The Bertz CT molecular complexity index is 1390. The van der Waals surface area contributed by atoms with Gasteiger partial charge in [-0.2, -0.15) is 0 Å². The van der Waals surface area contributed by atoms with Crippen LogP contribution in [0.5, 0.6) is 0 Å². The van der Waals surface area contributed by atoms with Crippen molar-refractivity contribution in [2.24, 2.45) is 0 Å². The van der Waals surface area contributed by atoms with E-state index in [2.05, 4.69) is 5.32 Å². The molecule has 202 valence electrons. The third kappa shape index (κ3) is 6.94. The molecule has 0 unspecified atom stereocenters. The first-order chi connectivity index (χ1) is 17.9. The number of hydrogen-bond donors (Lipinski definition) is 1. The maximum absolute atomic E-state index is 14.0. The SMILES string of the molecule is Cc1ccccc1CN(C(=O)CN(c1cc(Cl)ccc1C)S(=O)(=O)c1ccccc1)[C@H](C)C(=O)NC(C)C. The molecule has 0 heterocycles. The molecule has 0 aliphatic carbocycles. The highest BCUT2D eigenvalue weighted by Gasteiger charge is 2.33. The van der Waals surface area contributed by atoms with Gasteiger partial charge in [0.05, 0.1) is 10.6 Å². The van der Waals surface area contributed by atoms with Gasteiger partial charge in [-0.15, -0.1) is 0 Å². The number of amides is 2. The molecule has 0 saturated heterocycles. The van der Waals surface area contributed by atoms with Gasteiger partial charge in [0.2, 0.25) is 11.8 Å². The molecular formula is C29H34ClN3O4S. The Kier molecular flexibility index (Phi) is 9.57. The fourth-order valence-electron chi connectivity index (χ4n) is 4.04. The van der Waals surface area contributed by atoms with Crippen LogP contribution in [0.2, 0.25) is 5.02 Å². The van der Waals surface area contributed by atoms with Gasteiger partial charge in [0.25, 0.3) is 10.0 Å². The van der Waals surface area contributed by atoms with Crippen LogP contribution in [0.25, 0.3) is 0 Å². The number of nitrogens with one attached hydrogen (secondary N) is 1. The van der Waals surface area contributed by atoms with E-state index in [-0.39, 0.29) is 23.4 Å². The Morgan fingerprint density at radius 2 is 1.53 bits per heavy atom. The van der Waals surface area contributed by atoms with Crippen LogP contribution in [0.4, 0.5) is 5.69 Å². The minimum Gasteiger partial charge on any atom is -0.352 e. The second kappa shape index (κ2) is 12.5. The van der Waals surface area contributed by atoms with E-state index in [4.69, 9.17) is 11.6 Å². The predicted molar refractivity (Wildman–Crippen MR) is 152 cm³/mol. The molecule has 9 heteroatoms. The summed E-state index contributed by atoms with van der Waals surface area (Å²) < 4.78 is 28.8. The van der Waals surface area contributed by atoms with Gasteiger partial charge in [-0.1, -0.05) is 60.1 Å². The van der Waals surface area contributed by atoms with E-state index >= 15 is 0 Å². The lowest BCUT2D eigenvalue weighted by molar-refractivity contribution is -0.139. The van der Waals surface area contributed by atoms with Crippen molar-refractivity contribution in [3.8, 4) is 0 Å². The maximum Gasteiger partial charge on any atom is 0.264 e. The molecule has 0 bridgehead atoms. The number of carbonyl (C=O) groups excluding carboxylic acids is 2. The molecule has 0 radical (unpaired) electrons. The summed E-state index contributed by atoms with van der Waals surface area (Å²) in [6.07, 6.45) is 0. The zero-order valence-corrected chi connectivity index (χ0v) is 23.9. The van der Waals surface area contributed by atoms with Gasteiger partial charge >= 0.3 is 0 Å². The summed E-state index contributed by atoms with van der Waals surface area (Å²) in [4.78, 5) is 28.4. The van der Waals surface area contributed by atoms with Crippen molar-refractivity contribution in [1.29, 1.82) is 0 Å². The van der Waals surface area contributed by atoms with Gasteiger partial charge < -0.3 is 10.2 Å². The largest absolute Gasteiger partial charge is 0.352 e. The van der Waals surface area contributed by atoms with Crippen molar-refractivity contribution in [3.63, 3.8) is 0 Å². The van der Waals surface area contributed by atoms with Crippen molar-refractivity contribution in [3.05, 3.63) is 94.5 Å². The Labute approximate surface area is 230 Å². The number of sulfonamides is 1. The Morgan fingerprint density at radius 1 is 0.895 bits per heavy atom. The monoisotopic (exact) mass is 555 g/mol. The number of benzene rings is 3. The van der Waals surface area contributed by atoms with E-state index in [1.807, 2.05) is 45.0 Å². The van der Waals surface area contributed by atoms with Gasteiger partial charge in [0.1, 0.15) is 12.6 Å². The van der Waals surface area contributed by atoms with Crippen LogP contribution in [0.3, 0.4) is 0 Å². The van der Waals surface area contributed by atoms with Crippen LogP contribution in [0.1, 0.15) is 37.5 Å². The molecule has 0 saturated carbocycles. The number of halogens is 1. The third-order valence-corrected chi connectivity index (χ3v) is 8.26. The van der Waals surface area contributed by atoms with E-state index in [0.29, 0.717) is 16.3 Å². The second-order valence-corrected chi connectivity index (χ2v) is 11.8. The molecule has 1 N–H and O–H groups in total. The third-order valence-electron chi connectivity index (χ3n) is 6.25. The Hall–Kier alpha value is -3.36. The molecule has 0 fully saturated rings. The maximum atomic E-state index is 14.0. The Morgan fingerprint density at radius 3 is 2.16 bits per heavy atom. The van der Waals surface area contributed by atoms with E-state index in [1.165, 1.54) is 23.1 Å². The molecule has 0 aliphatic rings. The fourth-order valence-corrected chi connectivity index (χ4v) is 5.70. The molecule has 7 nitrogen and oxygen atoms in total. The summed E-state index contributed by atoms with van der Waals surface area (Å²) >= 11 is 6.25. The highest BCUT2D eigenvalue weighted by molar-refractivity contribution is 7.92. The van der Waals surface area contributed by atoms with Gasteiger partial charge in [0, 0.05) is 17.6 Å².